The summed E-state index contributed by atoms with van der Waals surface area (Å²) in [6.07, 6.45) is 6.57. The van der Waals surface area contributed by atoms with Crippen molar-refractivity contribution >= 4 is 17.0 Å². The van der Waals surface area contributed by atoms with E-state index in [1.54, 1.807) is 6.33 Å². The van der Waals surface area contributed by atoms with Gasteiger partial charge in [0.2, 0.25) is 0 Å². The topological polar surface area (TPSA) is 90.0 Å². The number of likely N-dealkylation sites (tertiary alicyclic amines) is 1. The predicted molar refractivity (Wildman–Crippen MR) is 81.0 cm³/mol. The number of anilines is 1. The molecule has 3 N–H and O–H groups in total. The average molecular weight is 290 g/mol. The largest absolute Gasteiger partial charge is 0.396 e. The lowest BCUT2D eigenvalue weighted by molar-refractivity contribution is 0.120. The zero-order chi connectivity index (χ0) is 14.5. The van der Waals surface area contributed by atoms with Crippen LogP contribution in [0.15, 0.2) is 12.7 Å². The van der Waals surface area contributed by atoms with Crippen molar-refractivity contribution < 1.29 is 5.11 Å². The lowest BCUT2D eigenvalue weighted by Crippen LogP contribution is -2.37. The maximum Gasteiger partial charge on any atom is 0.182 e. The smallest absolute Gasteiger partial charge is 0.182 e. The quantitative estimate of drug-likeness (QED) is 0.684. The van der Waals surface area contributed by atoms with Crippen LogP contribution in [0.2, 0.25) is 0 Å². The number of hydrogen-bond acceptors (Lipinski definition) is 6. The molecule has 1 saturated heterocycles. The van der Waals surface area contributed by atoms with Gasteiger partial charge in [-0.2, -0.15) is 0 Å². The van der Waals surface area contributed by atoms with Crippen LogP contribution < -0.4 is 5.32 Å². The monoisotopic (exact) mass is 290 g/mol. The van der Waals surface area contributed by atoms with Crippen molar-refractivity contribution in [1.29, 1.82) is 0 Å². The van der Waals surface area contributed by atoms with Crippen molar-refractivity contribution in [3.8, 4) is 0 Å². The molecule has 114 valence electrons. The number of H-pyrrole nitrogens is 1. The molecule has 3 rings (SSSR count). The number of piperidine rings is 1. The Balaban J connectivity index is 1.45. The molecule has 1 atom stereocenters. The van der Waals surface area contributed by atoms with E-state index < -0.39 is 0 Å². The van der Waals surface area contributed by atoms with Gasteiger partial charge in [-0.05, 0) is 38.3 Å². The molecule has 7 heteroatoms. The van der Waals surface area contributed by atoms with Crippen molar-refractivity contribution in [1.82, 2.24) is 24.8 Å². The summed E-state index contributed by atoms with van der Waals surface area (Å²) in [5.41, 5.74) is 1.55. The van der Waals surface area contributed by atoms with E-state index in [-0.39, 0.29) is 0 Å². The minimum atomic E-state index is 0.313. The maximum absolute atomic E-state index is 9.25. The van der Waals surface area contributed by atoms with Crippen molar-refractivity contribution in [2.45, 2.75) is 19.3 Å². The molecule has 0 radical (unpaired) electrons. The summed E-state index contributed by atoms with van der Waals surface area (Å²) < 4.78 is 0. The summed E-state index contributed by atoms with van der Waals surface area (Å²) in [5.74, 6) is 1.27. The van der Waals surface area contributed by atoms with Crippen molar-refractivity contribution in [3.63, 3.8) is 0 Å². The Hall–Kier alpha value is -1.73. The van der Waals surface area contributed by atoms with Gasteiger partial charge in [-0.15, -0.1) is 0 Å². The van der Waals surface area contributed by atoms with E-state index in [2.05, 4.69) is 30.2 Å². The van der Waals surface area contributed by atoms with E-state index in [1.807, 2.05) is 0 Å². The summed E-state index contributed by atoms with van der Waals surface area (Å²) in [6.45, 7) is 4.41. The number of hydrogen-bond donors (Lipinski definition) is 3. The third-order valence-electron chi connectivity index (χ3n) is 4.03. The fourth-order valence-electron chi connectivity index (χ4n) is 2.91. The summed E-state index contributed by atoms with van der Waals surface area (Å²) in [7, 11) is 0. The first-order chi connectivity index (χ1) is 10.4. The van der Waals surface area contributed by atoms with Gasteiger partial charge in [0.1, 0.15) is 11.8 Å². The number of aromatic nitrogens is 4. The van der Waals surface area contributed by atoms with Crippen LogP contribution in [-0.4, -0.2) is 62.7 Å². The minimum Gasteiger partial charge on any atom is -0.396 e. The second kappa shape index (κ2) is 6.82. The highest BCUT2D eigenvalue weighted by molar-refractivity contribution is 5.81. The number of fused-ring (bicyclic) bond motifs is 1. The second-order valence-corrected chi connectivity index (χ2v) is 5.60. The van der Waals surface area contributed by atoms with Gasteiger partial charge in [-0.3, -0.25) is 0 Å². The highest BCUT2D eigenvalue weighted by Gasteiger charge is 2.18. The van der Waals surface area contributed by atoms with Crippen LogP contribution in [0, 0.1) is 5.92 Å². The molecule has 0 saturated carbocycles. The van der Waals surface area contributed by atoms with Gasteiger partial charge >= 0.3 is 0 Å². The van der Waals surface area contributed by atoms with E-state index in [0.717, 1.165) is 50.4 Å². The van der Waals surface area contributed by atoms with Gasteiger partial charge < -0.3 is 20.3 Å². The molecular weight excluding hydrogens is 268 g/mol. The Morgan fingerprint density at radius 2 is 2.33 bits per heavy atom. The summed E-state index contributed by atoms with van der Waals surface area (Å²) >= 11 is 0. The standard InChI is InChI=1S/C14H22N6O/c21-8-11-3-1-5-20(7-11)6-2-4-15-13-12-14(17-9-16-12)19-10-18-13/h9-11,21H,1-8H2,(H2,15,16,17,18,19)/t11-/m1/s1. The van der Waals surface area contributed by atoms with Crippen molar-refractivity contribution in [3.05, 3.63) is 12.7 Å². The summed E-state index contributed by atoms with van der Waals surface area (Å²) in [4.78, 5) is 18.0. The zero-order valence-electron chi connectivity index (χ0n) is 12.1. The van der Waals surface area contributed by atoms with Crippen LogP contribution >= 0.6 is 0 Å². The molecule has 2 aromatic rings. The molecular formula is C14H22N6O. The number of aliphatic hydroxyl groups is 1. The molecule has 0 amide bonds. The molecule has 21 heavy (non-hydrogen) atoms. The van der Waals surface area contributed by atoms with E-state index in [9.17, 15) is 5.11 Å². The third-order valence-corrected chi connectivity index (χ3v) is 4.03. The number of rotatable bonds is 6. The number of aromatic amines is 1. The Bertz CT molecular complexity index is 571. The Morgan fingerprint density at radius 3 is 3.24 bits per heavy atom. The SMILES string of the molecule is OC[C@@H]1CCCN(CCCNc2ncnc3nc[nH]c23)C1. The summed E-state index contributed by atoms with van der Waals surface area (Å²) in [5, 5.41) is 12.6. The fourth-order valence-corrected chi connectivity index (χ4v) is 2.91. The van der Waals surface area contributed by atoms with Crippen LogP contribution in [0.4, 0.5) is 5.82 Å². The molecule has 7 nitrogen and oxygen atoms in total. The number of imidazole rings is 1. The van der Waals surface area contributed by atoms with E-state index >= 15 is 0 Å². The molecule has 1 aliphatic rings. The average Bonchev–Trinajstić information content (AvgIpc) is 3.01. The van der Waals surface area contributed by atoms with Gasteiger partial charge in [-0.25, -0.2) is 15.0 Å². The Kier molecular flexibility index (Phi) is 4.62. The van der Waals surface area contributed by atoms with Crippen LogP contribution in [0.5, 0.6) is 0 Å². The van der Waals surface area contributed by atoms with E-state index in [0.29, 0.717) is 18.2 Å². The first-order valence-electron chi connectivity index (χ1n) is 7.58. The lowest BCUT2D eigenvalue weighted by atomic mass is 9.99. The molecule has 0 aliphatic carbocycles. The molecule has 0 unspecified atom stereocenters. The van der Waals surface area contributed by atoms with Gasteiger partial charge in [0.05, 0.1) is 6.33 Å². The zero-order valence-corrected chi connectivity index (χ0v) is 12.1. The number of nitrogens with one attached hydrogen (secondary N) is 2. The Labute approximate surface area is 123 Å². The molecule has 2 aromatic heterocycles. The van der Waals surface area contributed by atoms with Crippen LogP contribution in [0.1, 0.15) is 19.3 Å². The Morgan fingerprint density at radius 1 is 1.38 bits per heavy atom. The summed E-state index contributed by atoms with van der Waals surface area (Å²) in [6, 6.07) is 0. The van der Waals surface area contributed by atoms with E-state index in [4.69, 9.17) is 0 Å². The highest BCUT2D eigenvalue weighted by Crippen LogP contribution is 2.16. The van der Waals surface area contributed by atoms with Gasteiger partial charge in [-0.1, -0.05) is 0 Å². The maximum atomic E-state index is 9.25. The van der Waals surface area contributed by atoms with Crippen LogP contribution in [-0.2, 0) is 0 Å². The van der Waals surface area contributed by atoms with Crippen molar-refractivity contribution in [2.24, 2.45) is 5.92 Å². The molecule has 0 aromatic carbocycles. The lowest BCUT2D eigenvalue weighted by Gasteiger charge is -2.31. The first-order valence-corrected chi connectivity index (χ1v) is 7.58. The number of aliphatic hydroxyl groups excluding tert-OH is 1. The fraction of sp³-hybridized carbons (Fsp3) is 0.643. The molecule has 0 bridgehead atoms. The highest BCUT2D eigenvalue weighted by atomic mass is 16.3. The van der Waals surface area contributed by atoms with Gasteiger partial charge in [0.15, 0.2) is 11.5 Å². The van der Waals surface area contributed by atoms with Gasteiger partial charge in [0, 0.05) is 19.7 Å². The minimum absolute atomic E-state index is 0.313. The first kappa shape index (κ1) is 14.2. The second-order valence-electron chi connectivity index (χ2n) is 5.60. The van der Waals surface area contributed by atoms with Gasteiger partial charge in [0.25, 0.3) is 0 Å². The molecule has 3 heterocycles. The predicted octanol–water partition coefficient (Wildman–Crippen LogP) is 0.859. The van der Waals surface area contributed by atoms with Crippen LogP contribution in [0.25, 0.3) is 11.2 Å². The third kappa shape index (κ3) is 3.48. The van der Waals surface area contributed by atoms with Crippen molar-refractivity contribution in [2.75, 3.05) is 38.1 Å². The normalized spacial score (nSPS) is 20.0. The molecule has 1 aliphatic heterocycles. The number of nitrogens with zero attached hydrogens (tertiary/aromatic N) is 4. The molecule has 1 fully saturated rings. The molecule has 0 spiro atoms. The van der Waals surface area contributed by atoms with E-state index in [1.165, 1.54) is 12.7 Å². The van der Waals surface area contributed by atoms with Crippen LogP contribution in [0.3, 0.4) is 0 Å².